The molecule has 1 aliphatic rings. The van der Waals surface area contributed by atoms with Crippen LogP contribution >= 0.6 is 0 Å². The van der Waals surface area contributed by atoms with E-state index in [0.29, 0.717) is 12.8 Å². The van der Waals surface area contributed by atoms with Crippen molar-refractivity contribution in [3.8, 4) is 0 Å². The van der Waals surface area contributed by atoms with Gasteiger partial charge in [-0.1, -0.05) is 19.1 Å². The number of anilines is 1. The number of benzene rings is 1. The van der Waals surface area contributed by atoms with Crippen LogP contribution in [0.15, 0.2) is 24.3 Å². The molecule has 0 unspecified atom stereocenters. The van der Waals surface area contributed by atoms with Gasteiger partial charge < -0.3 is 10.4 Å². The van der Waals surface area contributed by atoms with Crippen LogP contribution in [-0.4, -0.2) is 16.6 Å². The van der Waals surface area contributed by atoms with Crippen molar-refractivity contribution in [1.82, 2.24) is 0 Å². The lowest BCUT2D eigenvalue weighted by Crippen LogP contribution is -2.40. The molecule has 1 amide bonds. The lowest BCUT2D eigenvalue weighted by atomic mass is 10.0. The van der Waals surface area contributed by atoms with Crippen LogP contribution in [0.1, 0.15) is 38.2 Å². The van der Waals surface area contributed by atoms with Crippen LogP contribution < -0.4 is 5.32 Å². The molecule has 1 saturated carbocycles. The molecule has 0 bridgehead atoms. The summed E-state index contributed by atoms with van der Waals surface area (Å²) in [5.74, 6) is -0.261. The molecule has 2 N–H and O–H groups in total. The molecule has 17 heavy (non-hydrogen) atoms. The number of carbonyl (C=O) groups excluding carboxylic acids is 1. The van der Waals surface area contributed by atoms with Crippen molar-refractivity contribution in [3.05, 3.63) is 29.8 Å². The highest BCUT2D eigenvalue weighted by molar-refractivity contribution is 5.97. The van der Waals surface area contributed by atoms with E-state index in [1.165, 1.54) is 5.56 Å². The molecule has 0 aromatic heterocycles. The van der Waals surface area contributed by atoms with Crippen LogP contribution in [0, 0.1) is 0 Å². The summed E-state index contributed by atoms with van der Waals surface area (Å²) in [5, 5.41) is 12.9. The van der Waals surface area contributed by atoms with Gasteiger partial charge >= 0.3 is 0 Å². The predicted molar refractivity (Wildman–Crippen MR) is 67.9 cm³/mol. The molecule has 3 heteroatoms. The first-order chi connectivity index (χ1) is 8.14. The Morgan fingerprint density at radius 1 is 1.41 bits per heavy atom. The highest BCUT2D eigenvalue weighted by Gasteiger charge is 2.38. The zero-order valence-corrected chi connectivity index (χ0v) is 10.2. The summed E-state index contributed by atoms with van der Waals surface area (Å²) in [5.41, 5.74) is 0.804. The monoisotopic (exact) mass is 233 g/mol. The first-order valence-electron chi connectivity index (χ1n) is 6.27. The van der Waals surface area contributed by atoms with E-state index in [0.717, 1.165) is 24.9 Å². The lowest BCUT2D eigenvalue weighted by Gasteiger charge is -2.21. The average Bonchev–Trinajstić information content (AvgIpc) is 2.78. The molecule has 0 spiro atoms. The predicted octanol–water partition coefficient (Wildman–Crippen LogP) is 2.49. The van der Waals surface area contributed by atoms with Gasteiger partial charge in [-0.15, -0.1) is 0 Å². The summed E-state index contributed by atoms with van der Waals surface area (Å²) >= 11 is 0. The van der Waals surface area contributed by atoms with Crippen LogP contribution in [0.5, 0.6) is 0 Å². The van der Waals surface area contributed by atoms with Crippen LogP contribution in [0.4, 0.5) is 5.69 Å². The van der Waals surface area contributed by atoms with E-state index in [1.807, 2.05) is 24.3 Å². The van der Waals surface area contributed by atoms with Crippen molar-refractivity contribution >= 4 is 11.6 Å². The van der Waals surface area contributed by atoms with Gasteiger partial charge in [0.15, 0.2) is 0 Å². The number of nitrogens with one attached hydrogen (secondary N) is 1. The Kier molecular flexibility index (Phi) is 3.48. The maximum absolute atomic E-state index is 12.0. The fourth-order valence-corrected chi connectivity index (χ4v) is 2.30. The lowest BCUT2D eigenvalue weighted by molar-refractivity contribution is -0.133. The van der Waals surface area contributed by atoms with Gasteiger partial charge in [-0.3, -0.25) is 4.79 Å². The minimum atomic E-state index is -1.15. The fraction of sp³-hybridized carbons (Fsp3) is 0.500. The zero-order valence-electron chi connectivity index (χ0n) is 10.2. The second-order valence-corrected chi connectivity index (χ2v) is 4.75. The first-order valence-corrected chi connectivity index (χ1v) is 6.27. The largest absolute Gasteiger partial charge is 0.380 e. The smallest absolute Gasteiger partial charge is 0.256 e. The molecule has 1 aromatic carbocycles. The third-order valence-electron chi connectivity index (χ3n) is 3.45. The summed E-state index contributed by atoms with van der Waals surface area (Å²) in [6, 6.07) is 7.76. The van der Waals surface area contributed by atoms with Crippen LogP contribution in [0.3, 0.4) is 0 Å². The molecule has 3 nitrogen and oxygen atoms in total. The summed E-state index contributed by atoms with van der Waals surface area (Å²) < 4.78 is 0. The molecule has 92 valence electrons. The first kappa shape index (κ1) is 12.1. The van der Waals surface area contributed by atoms with Crippen molar-refractivity contribution in [1.29, 1.82) is 0 Å². The number of carbonyl (C=O) groups is 1. The minimum absolute atomic E-state index is 0.261. The van der Waals surface area contributed by atoms with E-state index in [4.69, 9.17) is 0 Å². The molecular formula is C14H19NO2. The molecule has 0 saturated heterocycles. The highest BCUT2D eigenvalue weighted by atomic mass is 16.3. The standard InChI is InChI=1S/C14H19NO2/c1-2-11-6-5-7-12(10-11)15-13(16)14(17)8-3-4-9-14/h5-7,10,17H,2-4,8-9H2,1H3,(H,15,16). The molecule has 2 rings (SSSR count). The third-order valence-corrected chi connectivity index (χ3v) is 3.45. The van der Waals surface area contributed by atoms with Gasteiger partial charge in [-0.25, -0.2) is 0 Å². The maximum Gasteiger partial charge on any atom is 0.256 e. The molecule has 0 heterocycles. The van der Waals surface area contributed by atoms with Gasteiger partial charge in [0.2, 0.25) is 0 Å². The van der Waals surface area contributed by atoms with Crippen molar-refractivity contribution in [3.63, 3.8) is 0 Å². The Labute approximate surface area is 102 Å². The highest BCUT2D eigenvalue weighted by Crippen LogP contribution is 2.30. The van der Waals surface area contributed by atoms with Gasteiger partial charge in [0.1, 0.15) is 5.60 Å². The van der Waals surface area contributed by atoms with E-state index in [2.05, 4.69) is 12.2 Å². The number of aliphatic hydroxyl groups is 1. The fourth-order valence-electron chi connectivity index (χ4n) is 2.30. The molecule has 0 atom stereocenters. The quantitative estimate of drug-likeness (QED) is 0.842. The van der Waals surface area contributed by atoms with E-state index < -0.39 is 5.60 Å². The van der Waals surface area contributed by atoms with Gasteiger partial charge in [0.25, 0.3) is 5.91 Å². The number of rotatable bonds is 3. The van der Waals surface area contributed by atoms with E-state index in [-0.39, 0.29) is 5.91 Å². The van der Waals surface area contributed by atoms with E-state index in [9.17, 15) is 9.90 Å². The number of hydrogen-bond donors (Lipinski definition) is 2. The normalized spacial score (nSPS) is 18.0. The second-order valence-electron chi connectivity index (χ2n) is 4.75. The molecule has 1 fully saturated rings. The van der Waals surface area contributed by atoms with E-state index in [1.54, 1.807) is 0 Å². The molecular weight excluding hydrogens is 214 g/mol. The molecule has 0 aliphatic heterocycles. The van der Waals surface area contributed by atoms with Gasteiger partial charge in [-0.05, 0) is 49.8 Å². The molecule has 0 radical (unpaired) electrons. The second kappa shape index (κ2) is 4.88. The SMILES string of the molecule is CCc1cccc(NC(=O)C2(O)CCCC2)c1. The van der Waals surface area contributed by atoms with Crippen LogP contribution in [0.2, 0.25) is 0 Å². The van der Waals surface area contributed by atoms with Crippen molar-refractivity contribution in [2.75, 3.05) is 5.32 Å². The Morgan fingerprint density at radius 2 is 2.12 bits per heavy atom. The summed E-state index contributed by atoms with van der Waals surface area (Å²) in [4.78, 5) is 12.0. The summed E-state index contributed by atoms with van der Waals surface area (Å²) in [6.45, 7) is 2.07. The molecule has 1 aromatic rings. The number of aryl methyl sites for hydroxylation is 1. The Hall–Kier alpha value is -1.35. The Bertz CT molecular complexity index is 408. The zero-order chi connectivity index (χ0) is 12.3. The van der Waals surface area contributed by atoms with Crippen molar-refractivity contribution in [2.24, 2.45) is 0 Å². The summed E-state index contributed by atoms with van der Waals surface area (Å²) in [6.07, 6.45) is 3.95. The summed E-state index contributed by atoms with van der Waals surface area (Å²) in [7, 11) is 0. The van der Waals surface area contributed by atoms with Gasteiger partial charge in [0.05, 0.1) is 0 Å². The van der Waals surface area contributed by atoms with Crippen molar-refractivity contribution < 1.29 is 9.90 Å². The van der Waals surface area contributed by atoms with Crippen LogP contribution in [-0.2, 0) is 11.2 Å². The Balaban J connectivity index is 2.07. The minimum Gasteiger partial charge on any atom is -0.380 e. The molecule has 1 aliphatic carbocycles. The maximum atomic E-state index is 12.0. The van der Waals surface area contributed by atoms with Crippen molar-refractivity contribution in [2.45, 2.75) is 44.6 Å². The van der Waals surface area contributed by atoms with E-state index >= 15 is 0 Å². The van der Waals surface area contributed by atoms with Gasteiger partial charge in [0, 0.05) is 5.69 Å². The Morgan fingerprint density at radius 3 is 2.76 bits per heavy atom. The third kappa shape index (κ3) is 2.67. The average molecular weight is 233 g/mol. The topological polar surface area (TPSA) is 49.3 Å². The number of amides is 1. The van der Waals surface area contributed by atoms with Gasteiger partial charge in [-0.2, -0.15) is 0 Å². The number of hydrogen-bond acceptors (Lipinski definition) is 2. The van der Waals surface area contributed by atoms with Crippen LogP contribution in [0.25, 0.3) is 0 Å².